The standard InChI is InChI=1S/C19H28N4O6/c1-11(20)17(27)22-15(8-13-6-4-3-5-7-13)18(28)23-16(12(2)26)19(29)21-14(9-24)10-25/h3-7,9,11-12,14-16,25-26H,8,10,20H2,1-2H3,(H,21,29)(H,22,27)(H,23,28)/t11-,12+,14+,15-,16-/m0/s1. The van der Waals surface area contributed by atoms with Gasteiger partial charge in [-0.3, -0.25) is 14.4 Å². The molecular formula is C19H28N4O6. The van der Waals surface area contributed by atoms with Crippen LogP contribution in [0.25, 0.3) is 0 Å². The van der Waals surface area contributed by atoms with Crippen molar-refractivity contribution in [3.63, 3.8) is 0 Å². The summed E-state index contributed by atoms with van der Waals surface area (Å²) >= 11 is 0. The lowest BCUT2D eigenvalue weighted by atomic mass is 10.0. The van der Waals surface area contributed by atoms with Crippen LogP contribution in [-0.4, -0.2) is 71.1 Å². The van der Waals surface area contributed by atoms with Crippen LogP contribution < -0.4 is 21.7 Å². The highest BCUT2D eigenvalue weighted by atomic mass is 16.3. The second kappa shape index (κ2) is 11.9. The van der Waals surface area contributed by atoms with E-state index in [-0.39, 0.29) is 6.42 Å². The number of nitrogens with one attached hydrogen (secondary N) is 3. The van der Waals surface area contributed by atoms with E-state index >= 15 is 0 Å². The fourth-order valence-corrected chi connectivity index (χ4v) is 2.42. The fraction of sp³-hybridized carbons (Fsp3) is 0.474. The van der Waals surface area contributed by atoms with Crippen molar-refractivity contribution in [2.75, 3.05) is 6.61 Å². The van der Waals surface area contributed by atoms with E-state index in [0.717, 1.165) is 5.56 Å². The van der Waals surface area contributed by atoms with Gasteiger partial charge in [-0.1, -0.05) is 30.3 Å². The molecule has 0 fully saturated rings. The van der Waals surface area contributed by atoms with Gasteiger partial charge in [0.25, 0.3) is 0 Å². The summed E-state index contributed by atoms with van der Waals surface area (Å²) in [5.74, 6) is -2.12. The Morgan fingerprint density at radius 3 is 2.14 bits per heavy atom. The van der Waals surface area contributed by atoms with E-state index in [4.69, 9.17) is 10.8 Å². The number of aliphatic hydroxyl groups is 2. The lowest BCUT2D eigenvalue weighted by Crippen LogP contribution is -2.59. The summed E-state index contributed by atoms with van der Waals surface area (Å²) in [6, 6.07) is 4.42. The third-order valence-corrected chi connectivity index (χ3v) is 4.08. The van der Waals surface area contributed by atoms with Crippen LogP contribution in [0.3, 0.4) is 0 Å². The molecule has 0 saturated carbocycles. The van der Waals surface area contributed by atoms with Crippen molar-refractivity contribution >= 4 is 24.0 Å². The van der Waals surface area contributed by atoms with Gasteiger partial charge in [0.1, 0.15) is 24.4 Å². The number of hydrogen-bond donors (Lipinski definition) is 6. The predicted molar refractivity (Wildman–Crippen MR) is 104 cm³/mol. The second-order valence-electron chi connectivity index (χ2n) is 6.70. The Morgan fingerprint density at radius 1 is 1.03 bits per heavy atom. The van der Waals surface area contributed by atoms with Crippen LogP contribution in [0.5, 0.6) is 0 Å². The van der Waals surface area contributed by atoms with Crippen LogP contribution in [0.4, 0.5) is 0 Å². The minimum Gasteiger partial charge on any atom is -0.394 e. The first-order valence-corrected chi connectivity index (χ1v) is 9.14. The molecular weight excluding hydrogens is 380 g/mol. The van der Waals surface area contributed by atoms with Crippen molar-refractivity contribution in [1.29, 1.82) is 0 Å². The van der Waals surface area contributed by atoms with E-state index in [9.17, 15) is 24.3 Å². The number of nitrogens with two attached hydrogens (primary N) is 1. The summed E-state index contributed by atoms with van der Waals surface area (Å²) in [5.41, 5.74) is 6.32. The lowest BCUT2D eigenvalue weighted by molar-refractivity contribution is -0.135. The second-order valence-corrected chi connectivity index (χ2v) is 6.70. The van der Waals surface area contributed by atoms with E-state index in [1.54, 1.807) is 30.3 Å². The van der Waals surface area contributed by atoms with Crippen LogP contribution in [0.2, 0.25) is 0 Å². The van der Waals surface area contributed by atoms with Crippen molar-refractivity contribution < 1.29 is 29.4 Å². The lowest BCUT2D eigenvalue weighted by Gasteiger charge is -2.26. The maximum atomic E-state index is 12.8. The average molecular weight is 408 g/mol. The van der Waals surface area contributed by atoms with E-state index in [0.29, 0.717) is 6.29 Å². The van der Waals surface area contributed by atoms with E-state index in [1.165, 1.54) is 13.8 Å². The Labute approximate surface area is 168 Å². The van der Waals surface area contributed by atoms with Gasteiger partial charge in [0.05, 0.1) is 18.8 Å². The van der Waals surface area contributed by atoms with E-state index in [1.807, 2.05) is 0 Å². The Kier molecular flexibility index (Phi) is 9.93. The molecule has 1 aromatic rings. The number of amides is 3. The van der Waals surface area contributed by atoms with Crippen LogP contribution in [0.15, 0.2) is 30.3 Å². The summed E-state index contributed by atoms with van der Waals surface area (Å²) in [7, 11) is 0. The molecule has 0 spiro atoms. The van der Waals surface area contributed by atoms with Crippen LogP contribution >= 0.6 is 0 Å². The highest BCUT2D eigenvalue weighted by Gasteiger charge is 2.31. The van der Waals surface area contributed by atoms with Gasteiger partial charge in [-0.2, -0.15) is 0 Å². The number of carbonyl (C=O) groups is 4. The van der Waals surface area contributed by atoms with Gasteiger partial charge in [0.15, 0.2) is 0 Å². The normalized spacial score (nSPS) is 15.9. The zero-order valence-electron chi connectivity index (χ0n) is 16.4. The van der Waals surface area contributed by atoms with Gasteiger partial charge >= 0.3 is 0 Å². The van der Waals surface area contributed by atoms with Gasteiger partial charge in [0.2, 0.25) is 17.7 Å². The first-order chi connectivity index (χ1) is 13.7. The molecule has 0 unspecified atom stereocenters. The smallest absolute Gasteiger partial charge is 0.245 e. The molecule has 5 atom stereocenters. The van der Waals surface area contributed by atoms with Crippen LogP contribution in [0.1, 0.15) is 19.4 Å². The van der Waals surface area contributed by atoms with Crippen LogP contribution in [0, 0.1) is 0 Å². The summed E-state index contributed by atoms with van der Waals surface area (Å²) in [6.07, 6.45) is -0.835. The first kappa shape index (κ1) is 24.2. The molecule has 29 heavy (non-hydrogen) atoms. The molecule has 0 aliphatic heterocycles. The van der Waals surface area contributed by atoms with Crippen molar-refractivity contribution in [2.24, 2.45) is 5.73 Å². The zero-order valence-corrected chi connectivity index (χ0v) is 16.4. The molecule has 0 aliphatic rings. The number of rotatable bonds is 11. The zero-order chi connectivity index (χ0) is 22.0. The minimum atomic E-state index is -1.40. The Morgan fingerprint density at radius 2 is 1.66 bits per heavy atom. The largest absolute Gasteiger partial charge is 0.394 e. The minimum absolute atomic E-state index is 0.132. The fourth-order valence-electron chi connectivity index (χ4n) is 2.42. The molecule has 160 valence electrons. The summed E-state index contributed by atoms with van der Waals surface area (Å²) in [4.78, 5) is 47.9. The Hall–Kier alpha value is -2.82. The van der Waals surface area contributed by atoms with Crippen molar-refractivity contribution in [3.8, 4) is 0 Å². The molecule has 0 saturated heterocycles. The van der Waals surface area contributed by atoms with Crippen molar-refractivity contribution in [2.45, 2.75) is 50.5 Å². The molecule has 10 heteroatoms. The maximum Gasteiger partial charge on any atom is 0.245 e. The Bertz CT molecular complexity index is 695. The highest BCUT2D eigenvalue weighted by Crippen LogP contribution is 2.05. The van der Waals surface area contributed by atoms with Gasteiger partial charge < -0.3 is 36.7 Å². The molecule has 1 rings (SSSR count). The maximum absolute atomic E-state index is 12.8. The monoisotopic (exact) mass is 408 g/mol. The number of carbonyl (C=O) groups excluding carboxylic acids is 4. The van der Waals surface area contributed by atoms with E-state index < -0.39 is 54.6 Å². The quantitative estimate of drug-likeness (QED) is 0.222. The molecule has 0 radical (unpaired) electrons. The molecule has 3 amide bonds. The number of hydrogen-bond acceptors (Lipinski definition) is 7. The molecule has 0 heterocycles. The summed E-state index contributed by atoms with van der Waals surface area (Å²) < 4.78 is 0. The number of aldehydes is 1. The Balaban J connectivity index is 2.97. The van der Waals surface area contributed by atoms with E-state index in [2.05, 4.69) is 16.0 Å². The SMILES string of the molecule is C[C@H](N)C(=O)N[C@@H](Cc1ccccc1)C(=O)N[C@H](C(=O)N[C@H](C=O)CO)[C@@H](C)O. The predicted octanol–water partition coefficient (Wildman–Crippen LogP) is -2.40. The first-order valence-electron chi connectivity index (χ1n) is 9.14. The third kappa shape index (κ3) is 7.98. The summed E-state index contributed by atoms with van der Waals surface area (Å²) in [5, 5.41) is 26.0. The third-order valence-electron chi connectivity index (χ3n) is 4.08. The molecule has 0 bridgehead atoms. The van der Waals surface area contributed by atoms with Gasteiger partial charge in [-0.15, -0.1) is 0 Å². The van der Waals surface area contributed by atoms with Crippen LogP contribution in [-0.2, 0) is 25.6 Å². The van der Waals surface area contributed by atoms with Crippen molar-refractivity contribution in [3.05, 3.63) is 35.9 Å². The number of aliphatic hydroxyl groups excluding tert-OH is 2. The average Bonchev–Trinajstić information content (AvgIpc) is 2.69. The molecule has 1 aromatic carbocycles. The molecule has 0 aliphatic carbocycles. The van der Waals surface area contributed by atoms with Gasteiger partial charge in [-0.05, 0) is 19.4 Å². The molecule has 10 nitrogen and oxygen atoms in total. The number of benzene rings is 1. The summed E-state index contributed by atoms with van der Waals surface area (Å²) in [6.45, 7) is 2.12. The van der Waals surface area contributed by atoms with Crippen molar-refractivity contribution in [1.82, 2.24) is 16.0 Å². The molecule has 7 N–H and O–H groups in total. The van der Waals surface area contributed by atoms with Gasteiger partial charge in [-0.25, -0.2) is 0 Å². The topological polar surface area (TPSA) is 171 Å². The highest BCUT2D eigenvalue weighted by molar-refractivity contribution is 5.93. The molecule has 0 aromatic heterocycles. The van der Waals surface area contributed by atoms with Gasteiger partial charge in [0, 0.05) is 6.42 Å².